The van der Waals surface area contributed by atoms with Crippen molar-refractivity contribution < 1.29 is 14.3 Å². The average molecular weight is 255 g/mol. The molecule has 2 rings (SSSR count). The van der Waals surface area contributed by atoms with Crippen LogP contribution in [-0.2, 0) is 6.54 Å². The third kappa shape index (κ3) is 2.62. The standard InChI is InChI=1S/C11H8ClFN2O2/c12-9-1-2-10(13)7(3-9)5-15-6-8(4-14-15)11(16)17/h1-4,6H,5H2,(H,16,17). The Balaban J connectivity index is 2.25. The van der Waals surface area contributed by atoms with Crippen LogP contribution >= 0.6 is 11.6 Å². The van der Waals surface area contributed by atoms with Crippen LogP contribution in [0, 0.1) is 5.82 Å². The normalized spacial score (nSPS) is 10.5. The number of carboxylic acid groups (broad SMARTS) is 1. The van der Waals surface area contributed by atoms with E-state index in [1.165, 1.54) is 35.3 Å². The highest BCUT2D eigenvalue weighted by atomic mass is 35.5. The van der Waals surface area contributed by atoms with Crippen molar-refractivity contribution in [3.63, 3.8) is 0 Å². The van der Waals surface area contributed by atoms with Gasteiger partial charge in [0.1, 0.15) is 5.82 Å². The number of hydrogen-bond acceptors (Lipinski definition) is 2. The van der Waals surface area contributed by atoms with Crippen LogP contribution in [0.2, 0.25) is 5.02 Å². The van der Waals surface area contributed by atoms with E-state index in [-0.39, 0.29) is 12.1 Å². The van der Waals surface area contributed by atoms with Crippen molar-refractivity contribution in [3.05, 3.63) is 52.6 Å². The number of aromatic nitrogens is 2. The largest absolute Gasteiger partial charge is 0.478 e. The molecular formula is C11H8ClFN2O2. The SMILES string of the molecule is O=C(O)c1cnn(Cc2cc(Cl)ccc2F)c1. The van der Waals surface area contributed by atoms with E-state index in [4.69, 9.17) is 16.7 Å². The number of aromatic carboxylic acids is 1. The second kappa shape index (κ2) is 4.55. The Morgan fingerprint density at radius 1 is 1.53 bits per heavy atom. The number of carboxylic acids is 1. The quantitative estimate of drug-likeness (QED) is 0.915. The number of rotatable bonds is 3. The molecule has 0 spiro atoms. The number of carbonyl (C=O) groups is 1. The summed E-state index contributed by atoms with van der Waals surface area (Å²) in [6, 6.07) is 4.20. The summed E-state index contributed by atoms with van der Waals surface area (Å²) >= 11 is 5.75. The van der Waals surface area contributed by atoms with Gasteiger partial charge in [0, 0.05) is 16.8 Å². The molecule has 0 bridgehead atoms. The summed E-state index contributed by atoms with van der Waals surface area (Å²) in [5.74, 6) is -1.47. The Labute approximate surface area is 101 Å². The van der Waals surface area contributed by atoms with E-state index in [9.17, 15) is 9.18 Å². The first-order valence-electron chi connectivity index (χ1n) is 4.76. The number of halogens is 2. The summed E-state index contributed by atoms with van der Waals surface area (Å²) < 4.78 is 14.7. The molecule has 0 unspecified atom stereocenters. The van der Waals surface area contributed by atoms with Crippen LogP contribution in [0.4, 0.5) is 4.39 Å². The highest BCUT2D eigenvalue weighted by Crippen LogP contribution is 2.15. The molecule has 1 aromatic heterocycles. The van der Waals surface area contributed by atoms with Crippen LogP contribution in [0.15, 0.2) is 30.6 Å². The molecule has 0 amide bonds. The van der Waals surface area contributed by atoms with Crippen LogP contribution < -0.4 is 0 Å². The first-order valence-corrected chi connectivity index (χ1v) is 5.14. The summed E-state index contributed by atoms with van der Waals surface area (Å²) in [6.45, 7) is 0.139. The van der Waals surface area contributed by atoms with Gasteiger partial charge in [-0.3, -0.25) is 4.68 Å². The zero-order valence-electron chi connectivity index (χ0n) is 8.60. The first-order chi connectivity index (χ1) is 8.06. The minimum absolute atomic E-state index is 0.0624. The number of hydrogen-bond donors (Lipinski definition) is 1. The highest BCUT2D eigenvalue weighted by Gasteiger charge is 2.08. The fourth-order valence-electron chi connectivity index (χ4n) is 1.40. The zero-order chi connectivity index (χ0) is 12.4. The lowest BCUT2D eigenvalue weighted by Crippen LogP contribution is -2.02. The fourth-order valence-corrected chi connectivity index (χ4v) is 1.59. The lowest BCUT2D eigenvalue weighted by molar-refractivity contribution is 0.0697. The van der Waals surface area contributed by atoms with Gasteiger partial charge in [0.2, 0.25) is 0 Å². The maximum absolute atomic E-state index is 13.4. The van der Waals surface area contributed by atoms with Crippen molar-refractivity contribution in [2.24, 2.45) is 0 Å². The maximum Gasteiger partial charge on any atom is 0.338 e. The van der Waals surface area contributed by atoms with Crippen LogP contribution in [0.25, 0.3) is 0 Å². The fraction of sp³-hybridized carbons (Fsp3) is 0.0909. The van der Waals surface area contributed by atoms with Crippen molar-refractivity contribution in [2.45, 2.75) is 6.54 Å². The molecule has 0 aliphatic carbocycles. The molecule has 1 heterocycles. The molecule has 0 saturated heterocycles. The molecular weight excluding hydrogens is 247 g/mol. The molecule has 17 heavy (non-hydrogen) atoms. The van der Waals surface area contributed by atoms with Crippen molar-refractivity contribution in [2.75, 3.05) is 0 Å². The number of benzene rings is 1. The van der Waals surface area contributed by atoms with Crippen LogP contribution in [0.3, 0.4) is 0 Å². The molecule has 0 aliphatic rings. The molecule has 88 valence electrons. The second-order valence-corrected chi connectivity index (χ2v) is 3.90. The third-order valence-corrected chi connectivity index (χ3v) is 2.46. The zero-order valence-corrected chi connectivity index (χ0v) is 9.36. The van der Waals surface area contributed by atoms with Gasteiger partial charge in [-0.1, -0.05) is 11.6 Å². The lowest BCUT2D eigenvalue weighted by Gasteiger charge is -2.03. The van der Waals surface area contributed by atoms with E-state index in [0.717, 1.165) is 0 Å². The molecule has 1 aromatic carbocycles. The van der Waals surface area contributed by atoms with Crippen molar-refractivity contribution in [1.82, 2.24) is 9.78 Å². The van der Waals surface area contributed by atoms with Crippen LogP contribution in [0.5, 0.6) is 0 Å². The molecule has 6 heteroatoms. The van der Waals surface area contributed by atoms with E-state index >= 15 is 0 Å². The van der Waals surface area contributed by atoms with Gasteiger partial charge < -0.3 is 5.11 Å². The Bertz CT molecular complexity index is 568. The summed E-state index contributed by atoms with van der Waals surface area (Å²) in [6.07, 6.45) is 2.55. The molecule has 0 aliphatic heterocycles. The second-order valence-electron chi connectivity index (χ2n) is 3.47. The van der Waals surface area contributed by atoms with E-state index in [1.54, 1.807) is 0 Å². The van der Waals surface area contributed by atoms with Gasteiger partial charge in [-0.25, -0.2) is 9.18 Å². The molecule has 4 nitrogen and oxygen atoms in total. The lowest BCUT2D eigenvalue weighted by atomic mass is 10.2. The Morgan fingerprint density at radius 2 is 2.29 bits per heavy atom. The summed E-state index contributed by atoms with van der Waals surface area (Å²) in [5, 5.41) is 13.0. The van der Waals surface area contributed by atoms with Gasteiger partial charge >= 0.3 is 5.97 Å². The van der Waals surface area contributed by atoms with Crippen LogP contribution in [-0.4, -0.2) is 20.9 Å². The molecule has 0 atom stereocenters. The summed E-state index contributed by atoms with van der Waals surface area (Å²) in [7, 11) is 0. The van der Waals surface area contributed by atoms with Crippen molar-refractivity contribution >= 4 is 17.6 Å². The summed E-state index contributed by atoms with van der Waals surface area (Å²) in [5.41, 5.74) is 0.421. The Hall–Kier alpha value is -1.88. The van der Waals surface area contributed by atoms with E-state index in [0.29, 0.717) is 10.6 Å². The Kier molecular flexibility index (Phi) is 3.10. The van der Waals surface area contributed by atoms with E-state index < -0.39 is 11.8 Å². The molecule has 2 aromatic rings. The van der Waals surface area contributed by atoms with E-state index in [2.05, 4.69) is 5.10 Å². The first kappa shape index (κ1) is 11.6. The van der Waals surface area contributed by atoms with Gasteiger partial charge in [-0.15, -0.1) is 0 Å². The van der Waals surface area contributed by atoms with Crippen LogP contribution in [0.1, 0.15) is 15.9 Å². The summed E-state index contributed by atoms with van der Waals surface area (Å²) in [4.78, 5) is 10.6. The maximum atomic E-state index is 13.4. The highest BCUT2D eigenvalue weighted by molar-refractivity contribution is 6.30. The topological polar surface area (TPSA) is 55.1 Å². The Morgan fingerprint density at radius 3 is 2.94 bits per heavy atom. The average Bonchev–Trinajstić information content (AvgIpc) is 2.72. The minimum Gasteiger partial charge on any atom is -0.478 e. The predicted molar refractivity (Wildman–Crippen MR) is 59.7 cm³/mol. The van der Waals surface area contributed by atoms with Crippen molar-refractivity contribution in [1.29, 1.82) is 0 Å². The van der Waals surface area contributed by atoms with Crippen molar-refractivity contribution in [3.8, 4) is 0 Å². The minimum atomic E-state index is -1.07. The van der Waals surface area contributed by atoms with Gasteiger partial charge in [-0.2, -0.15) is 5.10 Å². The monoisotopic (exact) mass is 254 g/mol. The van der Waals surface area contributed by atoms with Gasteiger partial charge in [0.15, 0.2) is 0 Å². The number of nitrogens with zero attached hydrogens (tertiary/aromatic N) is 2. The van der Waals surface area contributed by atoms with Gasteiger partial charge in [-0.05, 0) is 18.2 Å². The predicted octanol–water partition coefficient (Wildman–Crippen LogP) is 2.42. The smallest absolute Gasteiger partial charge is 0.338 e. The van der Waals surface area contributed by atoms with E-state index in [1.807, 2.05) is 0 Å². The molecule has 0 fully saturated rings. The van der Waals surface area contributed by atoms with Gasteiger partial charge in [0.05, 0.1) is 18.3 Å². The molecule has 0 saturated carbocycles. The van der Waals surface area contributed by atoms with Gasteiger partial charge in [0.25, 0.3) is 0 Å². The molecule has 0 radical (unpaired) electrons. The third-order valence-electron chi connectivity index (χ3n) is 2.22. The molecule has 1 N–H and O–H groups in total.